The number of nitrogens with one attached hydrogen (secondary N) is 1. The third-order valence-electron chi connectivity index (χ3n) is 3.21. The first-order valence-electron chi connectivity index (χ1n) is 6.46. The summed E-state index contributed by atoms with van der Waals surface area (Å²) in [5.41, 5.74) is 1.41. The summed E-state index contributed by atoms with van der Waals surface area (Å²) < 4.78 is 28.5. The number of carbonyl (C=O) groups excluding carboxylic acids is 1. The molecule has 110 valence electrons. The van der Waals surface area contributed by atoms with Gasteiger partial charge in [0.15, 0.2) is 11.6 Å². The van der Waals surface area contributed by atoms with Gasteiger partial charge in [0.25, 0.3) is 0 Å². The molecule has 21 heavy (non-hydrogen) atoms. The van der Waals surface area contributed by atoms with E-state index in [1.165, 1.54) is 6.07 Å². The van der Waals surface area contributed by atoms with E-state index in [-0.39, 0.29) is 17.9 Å². The zero-order valence-electron chi connectivity index (χ0n) is 11.4. The van der Waals surface area contributed by atoms with Crippen molar-refractivity contribution in [3.8, 4) is 11.1 Å². The van der Waals surface area contributed by atoms with E-state index < -0.39 is 11.6 Å². The fourth-order valence-corrected chi connectivity index (χ4v) is 2.37. The molecular weight excluding hydrogens is 340 g/mol. The fraction of sp³-hybridized carbons (Fsp3) is 0.188. The summed E-state index contributed by atoms with van der Waals surface area (Å²) in [4.78, 5) is 11.3. The average Bonchev–Trinajstić information content (AvgIpc) is 2.49. The maximum atomic E-state index is 14.2. The predicted molar refractivity (Wildman–Crippen MR) is 81.9 cm³/mol. The molecule has 0 aliphatic heterocycles. The summed E-state index contributed by atoms with van der Waals surface area (Å²) in [6.45, 7) is 0. The molecule has 1 N–H and O–H groups in total. The summed E-state index contributed by atoms with van der Waals surface area (Å²) in [7, 11) is 1.54. The van der Waals surface area contributed by atoms with Crippen molar-refractivity contribution in [1.82, 2.24) is 5.32 Å². The Morgan fingerprint density at radius 1 is 1.14 bits per heavy atom. The van der Waals surface area contributed by atoms with Crippen molar-refractivity contribution in [1.29, 1.82) is 0 Å². The Hall–Kier alpha value is -1.75. The first-order chi connectivity index (χ1) is 10.0. The SMILES string of the molecule is CNC(=O)CCc1ccc(F)c(F)c1-c1ccc(Br)cc1. The Balaban J connectivity index is 2.43. The van der Waals surface area contributed by atoms with Gasteiger partial charge < -0.3 is 5.32 Å². The van der Waals surface area contributed by atoms with Crippen molar-refractivity contribution in [3.05, 3.63) is 58.1 Å². The predicted octanol–water partition coefficient (Wildman–Crippen LogP) is 4.07. The van der Waals surface area contributed by atoms with Gasteiger partial charge in [0.1, 0.15) is 0 Å². The summed E-state index contributed by atoms with van der Waals surface area (Å²) in [5, 5.41) is 2.51. The third kappa shape index (κ3) is 3.67. The van der Waals surface area contributed by atoms with E-state index in [2.05, 4.69) is 21.2 Å². The highest BCUT2D eigenvalue weighted by Gasteiger charge is 2.16. The average molecular weight is 354 g/mol. The van der Waals surface area contributed by atoms with Crippen LogP contribution in [0.4, 0.5) is 8.78 Å². The van der Waals surface area contributed by atoms with Crippen LogP contribution in [-0.4, -0.2) is 13.0 Å². The Morgan fingerprint density at radius 2 is 1.81 bits per heavy atom. The lowest BCUT2D eigenvalue weighted by atomic mass is 9.95. The first-order valence-corrected chi connectivity index (χ1v) is 7.25. The molecule has 0 unspecified atom stereocenters. The molecular formula is C16H14BrF2NO. The molecule has 0 bridgehead atoms. The minimum Gasteiger partial charge on any atom is -0.359 e. The van der Waals surface area contributed by atoms with Crippen LogP contribution in [0.2, 0.25) is 0 Å². The van der Waals surface area contributed by atoms with E-state index in [1.54, 1.807) is 31.3 Å². The van der Waals surface area contributed by atoms with Crippen molar-refractivity contribution in [2.24, 2.45) is 0 Å². The second-order valence-electron chi connectivity index (χ2n) is 4.58. The Morgan fingerprint density at radius 3 is 2.43 bits per heavy atom. The molecule has 0 heterocycles. The quantitative estimate of drug-likeness (QED) is 0.881. The van der Waals surface area contributed by atoms with Gasteiger partial charge >= 0.3 is 0 Å². The summed E-state index contributed by atoms with van der Waals surface area (Å²) in [6.07, 6.45) is 0.577. The van der Waals surface area contributed by atoms with Gasteiger partial charge in [-0.1, -0.05) is 34.1 Å². The highest BCUT2D eigenvalue weighted by Crippen LogP contribution is 2.30. The van der Waals surface area contributed by atoms with Crippen LogP contribution in [0.25, 0.3) is 11.1 Å². The Bertz CT molecular complexity index is 656. The first kappa shape index (κ1) is 15.6. The molecule has 0 spiro atoms. The second kappa shape index (κ2) is 6.80. The van der Waals surface area contributed by atoms with Crippen molar-refractivity contribution in [2.75, 3.05) is 7.05 Å². The van der Waals surface area contributed by atoms with Crippen LogP contribution >= 0.6 is 15.9 Å². The van der Waals surface area contributed by atoms with Crippen LogP contribution in [0.3, 0.4) is 0 Å². The van der Waals surface area contributed by atoms with Crippen LogP contribution in [0, 0.1) is 11.6 Å². The van der Waals surface area contributed by atoms with E-state index in [0.717, 1.165) is 10.5 Å². The summed E-state index contributed by atoms with van der Waals surface area (Å²) in [6, 6.07) is 9.58. The van der Waals surface area contributed by atoms with Gasteiger partial charge in [0.05, 0.1) is 0 Å². The Kier molecular flexibility index (Phi) is 5.07. The minimum absolute atomic E-state index is 0.138. The van der Waals surface area contributed by atoms with Gasteiger partial charge in [-0.2, -0.15) is 0 Å². The number of hydrogen-bond donors (Lipinski definition) is 1. The lowest BCUT2D eigenvalue weighted by Gasteiger charge is -2.12. The van der Waals surface area contributed by atoms with Gasteiger partial charge in [-0.3, -0.25) is 4.79 Å². The lowest BCUT2D eigenvalue weighted by Crippen LogP contribution is -2.18. The lowest BCUT2D eigenvalue weighted by molar-refractivity contribution is -0.120. The molecule has 0 aliphatic rings. The van der Waals surface area contributed by atoms with E-state index in [4.69, 9.17) is 0 Å². The van der Waals surface area contributed by atoms with E-state index in [9.17, 15) is 13.6 Å². The van der Waals surface area contributed by atoms with Gasteiger partial charge in [0.2, 0.25) is 5.91 Å². The molecule has 0 aliphatic carbocycles. The van der Waals surface area contributed by atoms with Crippen molar-refractivity contribution < 1.29 is 13.6 Å². The van der Waals surface area contributed by atoms with Crippen LogP contribution < -0.4 is 5.32 Å². The van der Waals surface area contributed by atoms with Gasteiger partial charge in [-0.15, -0.1) is 0 Å². The number of amides is 1. The normalized spacial score (nSPS) is 10.5. The summed E-state index contributed by atoms with van der Waals surface area (Å²) in [5.74, 6) is -1.91. The molecule has 0 saturated carbocycles. The molecule has 0 saturated heterocycles. The molecule has 1 amide bonds. The van der Waals surface area contributed by atoms with Crippen LogP contribution in [-0.2, 0) is 11.2 Å². The third-order valence-corrected chi connectivity index (χ3v) is 3.74. The largest absolute Gasteiger partial charge is 0.359 e. The number of carbonyl (C=O) groups is 1. The van der Waals surface area contributed by atoms with Crippen molar-refractivity contribution >= 4 is 21.8 Å². The number of hydrogen-bond acceptors (Lipinski definition) is 1. The monoisotopic (exact) mass is 353 g/mol. The molecule has 0 radical (unpaired) electrons. The van der Waals surface area contributed by atoms with Crippen molar-refractivity contribution in [3.63, 3.8) is 0 Å². The topological polar surface area (TPSA) is 29.1 Å². The fourth-order valence-electron chi connectivity index (χ4n) is 2.10. The highest BCUT2D eigenvalue weighted by atomic mass is 79.9. The second-order valence-corrected chi connectivity index (χ2v) is 5.49. The molecule has 2 aromatic rings. The highest BCUT2D eigenvalue weighted by molar-refractivity contribution is 9.10. The maximum absolute atomic E-state index is 14.2. The zero-order chi connectivity index (χ0) is 15.4. The van der Waals surface area contributed by atoms with Crippen molar-refractivity contribution in [2.45, 2.75) is 12.8 Å². The number of halogens is 3. The smallest absolute Gasteiger partial charge is 0.220 e. The van der Waals surface area contributed by atoms with Crippen LogP contribution in [0.5, 0.6) is 0 Å². The molecule has 0 aromatic heterocycles. The van der Waals surface area contributed by atoms with E-state index >= 15 is 0 Å². The molecule has 2 rings (SSSR count). The van der Waals surface area contributed by atoms with Crippen LogP contribution in [0.15, 0.2) is 40.9 Å². The molecule has 2 aromatic carbocycles. The number of benzene rings is 2. The number of rotatable bonds is 4. The van der Waals surface area contributed by atoms with E-state index in [0.29, 0.717) is 17.5 Å². The standard InChI is InChI=1S/C16H14BrF2NO/c1-20-14(21)9-5-11-4-8-13(18)16(19)15(11)10-2-6-12(17)7-3-10/h2-4,6-8H,5,9H2,1H3,(H,20,21). The molecule has 0 fully saturated rings. The molecule has 2 nitrogen and oxygen atoms in total. The van der Waals surface area contributed by atoms with Gasteiger partial charge in [-0.05, 0) is 35.7 Å². The maximum Gasteiger partial charge on any atom is 0.220 e. The summed E-state index contributed by atoms with van der Waals surface area (Å²) >= 11 is 3.31. The van der Waals surface area contributed by atoms with E-state index in [1.807, 2.05) is 0 Å². The Labute approximate surface area is 130 Å². The van der Waals surface area contributed by atoms with Gasteiger partial charge in [0, 0.05) is 23.5 Å². The molecule has 5 heteroatoms. The minimum atomic E-state index is -0.892. The zero-order valence-corrected chi connectivity index (χ0v) is 13.0. The van der Waals surface area contributed by atoms with Gasteiger partial charge in [-0.25, -0.2) is 8.78 Å². The molecule has 0 atom stereocenters. The van der Waals surface area contributed by atoms with Crippen LogP contribution in [0.1, 0.15) is 12.0 Å². The number of aryl methyl sites for hydroxylation is 1.